The van der Waals surface area contributed by atoms with Crippen molar-refractivity contribution in [1.29, 1.82) is 0 Å². The second-order valence-corrected chi connectivity index (χ2v) is 6.41. The van der Waals surface area contributed by atoms with Crippen molar-refractivity contribution in [3.8, 4) is 0 Å². The Labute approximate surface area is 157 Å². The summed E-state index contributed by atoms with van der Waals surface area (Å²) in [5.41, 5.74) is 8.17. The molecule has 0 spiro atoms. The van der Waals surface area contributed by atoms with Gasteiger partial charge in [0.2, 0.25) is 5.91 Å². The van der Waals surface area contributed by atoms with Crippen LogP contribution < -0.4 is 21.1 Å². The molecule has 0 unspecified atom stereocenters. The summed E-state index contributed by atoms with van der Waals surface area (Å²) >= 11 is 0. The summed E-state index contributed by atoms with van der Waals surface area (Å²) in [6, 6.07) is 14.5. The standard InChI is InChI=1S/C20H22N4O3/c1-14(25)21-17-10-8-16(9-11-17)20(27)23-22-19(26)13-24-12-4-6-15-5-2-3-7-18(15)24/h2-3,5,7-11H,4,6,12-13H2,1H3,(H,21,25)(H,22,26)(H,23,27). The highest BCUT2D eigenvalue weighted by molar-refractivity contribution is 5.96. The summed E-state index contributed by atoms with van der Waals surface area (Å²) in [6.45, 7) is 2.40. The number of carbonyl (C=O) groups is 3. The molecule has 2 aromatic carbocycles. The monoisotopic (exact) mass is 366 g/mol. The largest absolute Gasteiger partial charge is 0.362 e. The molecule has 0 atom stereocenters. The van der Waals surface area contributed by atoms with Gasteiger partial charge in [0.1, 0.15) is 0 Å². The number of anilines is 2. The minimum atomic E-state index is -0.420. The summed E-state index contributed by atoms with van der Waals surface area (Å²) in [6.07, 6.45) is 2.01. The molecule has 0 bridgehead atoms. The number of aryl methyl sites for hydroxylation is 1. The number of carbonyl (C=O) groups excluding carboxylic acids is 3. The lowest BCUT2D eigenvalue weighted by Crippen LogP contribution is -2.47. The second-order valence-electron chi connectivity index (χ2n) is 6.41. The van der Waals surface area contributed by atoms with E-state index in [-0.39, 0.29) is 18.4 Å². The third-order valence-electron chi connectivity index (χ3n) is 4.32. The molecule has 0 saturated heterocycles. The highest BCUT2D eigenvalue weighted by atomic mass is 16.2. The molecule has 0 aromatic heterocycles. The predicted octanol–water partition coefficient (Wildman–Crippen LogP) is 1.86. The van der Waals surface area contributed by atoms with Crippen LogP contribution in [-0.2, 0) is 16.0 Å². The lowest BCUT2D eigenvalue weighted by atomic mass is 10.0. The van der Waals surface area contributed by atoms with Crippen molar-refractivity contribution < 1.29 is 14.4 Å². The van der Waals surface area contributed by atoms with Crippen molar-refractivity contribution in [2.45, 2.75) is 19.8 Å². The van der Waals surface area contributed by atoms with Crippen LogP contribution in [0.15, 0.2) is 48.5 Å². The van der Waals surface area contributed by atoms with Gasteiger partial charge >= 0.3 is 0 Å². The molecule has 140 valence electrons. The van der Waals surface area contributed by atoms with Crippen LogP contribution in [0.4, 0.5) is 11.4 Å². The van der Waals surface area contributed by atoms with Crippen molar-refractivity contribution in [3.63, 3.8) is 0 Å². The quantitative estimate of drug-likeness (QED) is 0.721. The summed E-state index contributed by atoms with van der Waals surface area (Å²) in [5.74, 6) is -0.884. The first-order valence-corrected chi connectivity index (χ1v) is 8.82. The van der Waals surface area contributed by atoms with Crippen molar-refractivity contribution in [2.24, 2.45) is 0 Å². The van der Waals surface area contributed by atoms with E-state index in [2.05, 4.69) is 22.2 Å². The van der Waals surface area contributed by atoms with Crippen LogP contribution in [-0.4, -0.2) is 30.8 Å². The summed E-state index contributed by atoms with van der Waals surface area (Å²) in [5, 5.41) is 2.63. The molecule has 0 radical (unpaired) electrons. The number of nitrogens with zero attached hydrogens (tertiary/aromatic N) is 1. The zero-order valence-corrected chi connectivity index (χ0v) is 15.1. The third kappa shape index (κ3) is 4.84. The molecule has 27 heavy (non-hydrogen) atoms. The Balaban J connectivity index is 1.52. The van der Waals surface area contributed by atoms with E-state index < -0.39 is 5.91 Å². The summed E-state index contributed by atoms with van der Waals surface area (Å²) in [7, 11) is 0. The van der Waals surface area contributed by atoms with Crippen LogP contribution >= 0.6 is 0 Å². The maximum Gasteiger partial charge on any atom is 0.269 e. The molecule has 0 saturated carbocycles. The van der Waals surface area contributed by atoms with Crippen LogP contribution in [0.1, 0.15) is 29.3 Å². The third-order valence-corrected chi connectivity index (χ3v) is 4.32. The van der Waals surface area contributed by atoms with Gasteiger partial charge in [-0.15, -0.1) is 0 Å². The number of benzene rings is 2. The van der Waals surface area contributed by atoms with Crippen molar-refractivity contribution in [1.82, 2.24) is 10.9 Å². The van der Waals surface area contributed by atoms with E-state index in [1.165, 1.54) is 12.5 Å². The molecule has 2 aromatic rings. The molecule has 3 amide bonds. The van der Waals surface area contributed by atoms with E-state index in [0.29, 0.717) is 11.3 Å². The van der Waals surface area contributed by atoms with Crippen molar-refractivity contribution in [2.75, 3.05) is 23.3 Å². The number of amides is 3. The minimum Gasteiger partial charge on any atom is -0.362 e. The van der Waals surface area contributed by atoms with Gasteiger partial charge in [-0.2, -0.15) is 0 Å². The van der Waals surface area contributed by atoms with Crippen molar-refractivity contribution in [3.05, 3.63) is 59.7 Å². The molecule has 0 aliphatic carbocycles. The molecule has 3 N–H and O–H groups in total. The number of para-hydroxylation sites is 1. The number of fused-ring (bicyclic) bond motifs is 1. The zero-order chi connectivity index (χ0) is 19.2. The molecule has 3 rings (SSSR count). The molecule has 1 heterocycles. The van der Waals surface area contributed by atoms with E-state index in [4.69, 9.17) is 0 Å². The predicted molar refractivity (Wildman–Crippen MR) is 103 cm³/mol. The molecule has 1 aliphatic heterocycles. The molecule has 0 fully saturated rings. The van der Waals surface area contributed by atoms with E-state index in [1.807, 2.05) is 23.1 Å². The molecule has 7 heteroatoms. The van der Waals surface area contributed by atoms with Gasteiger partial charge in [-0.25, -0.2) is 0 Å². The van der Waals surface area contributed by atoms with E-state index >= 15 is 0 Å². The Morgan fingerprint density at radius 1 is 1.00 bits per heavy atom. The van der Waals surface area contributed by atoms with Crippen LogP contribution in [0.3, 0.4) is 0 Å². The number of rotatable bonds is 4. The fraction of sp³-hybridized carbons (Fsp3) is 0.250. The van der Waals surface area contributed by atoms with Gasteiger partial charge in [-0.05, 0) is 48.7 Å². The van der Waals surface area contributed by atoms with Crippen LogP contribution in [0.25, 0.3) is 0 Å². The Morgan fingerprint density at radius 2 is 1.74 bits per heavy atom. The fourth-order valence-electron chi connectivity index (χ4n) is 3.10. The highest BCUT2D eigenvalue weighted by Crippen LogP contribution is 2.26. The maximum absolute atomic E-state index is 12.2. The molecule has 1 aliphatic rings. The van der Waals surface area contributed by atoms with Crippen LogP contribution in [0.5, 0.6) is 0 Å². The average Bonchev–Trinajstić information content (AvgIpc) is 2.66. The van der Waals surface area contributed by atoms with Gasteiger partial charge in [0.15, 0.2) is 0 Å². The Morgan fingerprint density at radius 3 is 2.48 bits per heavy atom. The number of hydrogen-bond acceptors (Lipinski definition) is 4. The van der Waals surface area contributed by atoms with Gasteiger partial charge < -0.3 is 10.2 Å². The normalized spacial score (nSPS) is 12.7. The van der Waals surface area contributed by atoms with Gasteiger partial charge in [0.05, 0.1) is 6.54 Å². The van der Waals surface area contributed by atoms with Gasteiger partial charge in [0, 0.05) is 30.4 Å². The Hall–Kier alpha value is -3.35. The van der Waals surface area contributed by atoms with E-state index in [0.717, 1.165) is 25.1 Å². The van der Waals surface area contributed by atoms with Gasteiger partial charge in [-0.1, -0.05) is 18.2 Å². The Bertz CT molecular complexity index is 849. The zero-order valence-electron chi connectivity index (χ0n) is 15.1. The first-order valence-electron chi connectivity index (χ1n) is 8.82. The smallest absolute Gasteiger partial charge is 0.269 e. The van der Waals surface area contributed by atoms with E-state index in [9.17, 15) is 14.4 Å². The van der Waals surface area contributed by atoms with Gasteiger partial charge in [0.25, 0.3) is 11.8 Å². The van der Waals surface area contributed by atoms with Crippen molar-refractivity contribution >= 4 is 29.1 Å². The van der Waals surface area contributed by atoms with Crippen LogP contribution in [0, 0.1) is 0 Å². The fourth-order valence-corrected chi connectivity index (χ4v) is 3.10. The highest BCUT2D eigenvalue weighted by Gasteiger charge is 2.18. The first-order chi connectivity index (χ1) is 13.0. The summed E-state index contributed by atoms with van der Waals surface area (Å²) in [4.78, 5) is 37.4. The average molecular weight is 366 g/mol. The first kappa shape index (κ1) is 18.4. The SMILES string of the molecule is CC(=O)Nc1ccc(C(=O)NNC(=O)CN2CCCc3ccccc32)cc1. The number of hydrogen-bond donors (Lipinski definition) is 3. The number of hydrazine groups is 1. The van der Waals surface area contributed by atoms with Gasteiger partial charge in [-0.3, -0.25) is 25.2 Å². The van der Waals surface area contributed by atoms with Crippen LogP contribution in [0.2, 0.25) is 0 Å². The maximum atomic E-state index is 12.2. The minimum absolute atomic E-state index is 0.179. The molecular formula is C20H22N4O3. The van der Waals surface area contributed by atoms with E-state index in [1.54, 1.807) is 24.3 Å². The lowest BCUT2D eigenvalue weighted by molar-refractivity contribution is -0.120. The second kappa shape index (κ2) is 8.35. The molecule has 7 nitrogen and oxygen atoms in total. The Kier molecular flexibility index (Phi) is 5.71. The lowest BCUT2D eigenvalue weighted by Gasteiger charge is -2.30. The molecular weight excluding hydrogens is 344 g/mol. The summed E-state index contributed by atoms with van der Waals surface area (Å²) < 4.78 is 0. The topological polar surface area (TPSA) is 90.5 Å². The number of nitrogens with one attached hydrogen (secondary N) is 3.